The van der Waals surface area contributed by atoms with E-state index < -0.39 is 40.8 Å². The molecule has 94 valence electrons. The summed E-state index contributed by atoms with van der Waals surface area (Å²) in [5, 5.41) is -4.52. The van der Waals surface area contributed by atoms with Gasteiger partial charge in [-0.1, -0.05) is 0 Å². The molecule has 0 aliphatic heterocycles. The lowest BCUT2D eigenvalue weighted by molar-refractivity contribution is -0.137. The van der Waals surface area contributed by atoms with Crippen molar-refractivity contribution in [3.63, 3.8) is 0 Å². The Balaban J connectivity index is 0. The summed E-state index contributed by atoms with van der Waals surface area (Å²) in [7, 11) is -5.62. The molecule has 0 saturated carbocycles. The Hall–Kier alpha value is -0.480. The van der Waals surface area contributed by atoms with Crippen molar-refractivity contribution in [2.45, 2.75) is 30.7 Å². The van der Waals surface area contributed by atoms with Crippen LogP contribution in [0.5, 0.6) is 0 Å². The number of hydrogen-bond acceptors (Lipinski definition) is 3. The molecular weight excluding hydrogens is 249 g/mol. The van der Waals surface area contributed by atoms with Gasteiger partial charge in [0.2, 0.25) is 0 Å². The van der Waals surface area contributed by atoms with Gasteiger partial charge in [-0.15, -0.1) is 0 Å². The molecule has 0 aliphatic rings. The van der Waals surface area contributed by atoms with Gasteiger partial charge < -0.3 is 6.15 Å². The molecule has 0 radical (unpaired) electrons. The van der Waals surface area contributed by atoms with E-state index in [1.54, 1.807) is 0 Å². The fourth-order valence-corrected chi connectivity index (χ4v) is 1.03. The van der Waals surface area contributed by atoms with Gasteiger partial charge in [0.15, 0.2) is 0 Å². The van der Waals surface area contributed by atoms with E-state index in [1.807, 2.05) is 0 Å². The van der Waals surface area contributed by atoms with Crippen molar-refractivity contribution in [2.24, 2.45) is 0 Å². The molecular formula is C5H10F5NO3S. The van der Waals surface area contributed by atoms with Crippen LogP contribution in [0, 0.1) is 0 Å². The van der Waals surface area contributed by atoms with E-state index in [2.05, 4.69) is 0 Å². The van der Waals surface area contributed by atoms with Crippen molar-refractivity contribution in [3.05, 3.63) is 0 Å². The molecule has 0 unspecified atom stereocenters. The van der Waals surface area contributed by atoms with Crippen molar-refractivity contribution in [1.29, 1.82) is 0 Å². The first-order chi connectivity index (χ1) is 5.96. The topological polar surface area (TPSA) is 89.4 Å². The third-order valence-corrected chi connectivity index (χ3v) is 2.26. The van der Waals surface area contributed by atoms with Crippen molar-refractivity contribution in [2.75, 3.05) is 0 Å². The molecule has 0 heterocycles. The van der Waals surface area contributed by atoms with Crippen LogP contribution in [0.25, 0.3) is 0 Å². The Morgan fingerprint density at radius 1 is 1.00 bits per heavy atom. The monoisotopic (exact) mass is 259 g/mol. The molecule has 0 spiro atoms. The second kappa shape index (κ2) is 5.03. The average molecular weight is 259 g/mol. The summed E-state index contributed by atoms with van der Waals surface area (Å²) < 4.78 is 86.8. The molecule has 4 nitrogen and oxygen atoms in total. The van der Waals surface area contributed by atoms with Gasteiger partial charge in [0.05, 0.1) is 0 Å². The van der Waals surface area contributed by atoms with Gasteiger partial charge in [-0.05, 0) is 6.42 Å². The van der Waals surface area contributed by atoms with Gasteiger partial charge in [-0.3, -0.25) is 4.55 Å². The van der Waals surface area contributed by atoms with Crippen LogP contribution in [0.3, 0.4) is 0 Å². The molecule has 0 bridgehead atoms. The van der Waals surface area contributed by atoms with Crippen LogP contribution in [-0.2, 0) is 10.1 Å². The lowest BCUT2D eigenvalue weighted by Gasteiger charge is -2.12. The van der Waals surface area contributed by atoms with Crippen LogP contribution in [0.2, 0.25) is 0 Å². The molecule has 0 amide bonds. The highest BCUT2D eigenvalue weighted by Crippen LogP contribution is 2.30. The highest BCUT2D eigenvalue weighted by atomic mass is 32.2. The Labute approximate surface area is 82.8 Å². The van der Waals surface area contributed by atoms with Crippen molar-refractivity contribution < 1.29 is 34.9 Å². The smallest absolute Gasteiger partial charge is 0.344 e. The Morgan fingerprint density at radius 2 is 1.40 bits per heavy atom. The molecule has 4 N–H and O–H groups in total. The molecule has 0 atom stereocenters. The predicted molar refractivity (Wildman–Crippen MR) is 41.4 cm³/mol. The normalized spacial score (nSPS) is 13.5. The van der Waals surface area contributed by atoms with Crippen LogP contribution >= 0.6 is 0 Å². The Bertz CT molecular complexity index is 286. The minimum atomic E-state index is -5.62. The maximum atomic E-state index is 12.3. The number of halogens is 5. The van der Waals surface area contributed by atoms with Gasteiger partial charge in [-0.2, -0.15) is 30.4 Å². The summed E-state index contributed by atoms with van der Waals surface area (Å²) in [6.07, 6.45) is -8.74. The summed E-state index contributed by atoms with van der Waals surface area (Å²) in [6, 6.07) is 0. The number of hydrogen-bond donors (Lipinski definition) is 2. The standard InChI is InChI=1S/C5H7F5O3S.H3N/c6-4(7,8)2-1-3-5(9,10)14(11,12)13;/h1-3H2,(H,11,12,13);1H3. The first kappa shape index (κ1) is 16.9. The Kier molecular flexibility index (Phi) is 5.68. The minimum Gasteiger partial charge on any atom is -0.344 e. The van der Waals surface area contributed by atoms with E-state index in [9.17, 15) is 30.4 Å². The zero-order valence-corrected chi connectivity index (χ0v) is 8.21. The SMILES string of the molecule is N.O=S(=O)(O)C(F)(F)CCCC(F)(F)F. The fraction of sp³-hybridized carbons (Fsp3) is 1.00. The second-order valence-corrected chi connectivity index (χ2v) is 4.13. The van der Waals surface area contributed by atoms with E-state index in [0.717, 1.165) is 0 Å². The number of alkyl halides is 5. The summed E-state index contributed by atoms with van der Waals surface area (Å²) in [6.45, 7) is 0. The third kappa shape index (κ3) is 6.57. The maximum absolute atomic E-state index is 12.3. The van der Waals surface area contributed by atoms with Crippen molar-refractivity contribution in [3.8, 4) is 0 Å². The van der Waals surface area contributed by atoms with E-state index in [0.29, 0.717) is 0 Å². The molecule has 0 aromatic carbocycles. The van der Waals surface area contributed by atoms with E-state index >= 15 is 0 Å². The lowest BCUT2D eigenvalue weighted by atomic mass is 10.2. The van der Waals surface area contributed by atoms with Crippen molar-refractivity contribution >= 4 is 10.1 Å². The molecule has 0 fully saturated rings. The van der Waals surface area contributed by atoms with Crippen LogP contribution < -0.4 is 6.15 Å². The van der Waals surface area contributed by atoms with Crippen LogP contribution in [0.15, 0.2) is 0 Å². The molecule has 0 aromatic heterocycles. The lowest BCUT2D eigenvalue weighted by Crippen LogP contribution is -2.28. The zero-order valence-electron chi connectivity index (χ0n) is 7.39. The van der Waals surface area contributed by atoms with Crippen molar-refractivity contribution in [1.82, 2.24) is 6.15 Å². The number of rotatable bonds is 4. The molecule has 0 rings (SSSR count). The first-order valence-corrected chi connectivity index (χ1v) is 4.81. The molecule has 15 heavy (non-hydrogen) atoms. The van der Waals surface area contributed by atoms with Gasteiger partial charge in [0.1, 0.15) is 0 Å². The quantitative estimate of drug-likeness (QED) is 0.599. The van der Waals surface area contributed by atoms with Crippen LogP contribution in [-0.4, -0.2) is 24.4 Å². The second-order valence-electron chi connectivity index (χ2n) is 2.58. The van der Waals surface area contributed by atoms with Crippen LogP contribution in [0.1, 0.15) is 19.3 Å². The predicted octanol–water partition coefficient (Wildman–Crippen LogP) is 2.36. The fourth-order valence-electron chi connectivity index (χ4n) is 0.624. The zero-order chi connectivity index (χ0) is 11.6. The summed E-state index contributed by atoms with van der Waals surface area (Å²) >= 11 is 0. The van der Waals surface area contributed by atoms with Gasteiger partial charge in [-0.25, -0.2) is 0 Å². The largest absolute Gasteiger partial charge is 0.389 e. The van der Waals surface area contributed by atoms with Gasteiger partial charge in [0.25, 0.3) is 0 Å². The van der Waals surface area contributed by atoms with E-state index in [-0.39, 0.29) is 6.15 Å². The van der Waals surface area contributed by atoms with Gasteiger partial charge >= 0.3 is 21.5 Å². The maximum Gasteiger partial charge on any atom is 0.389 e. The average Bonchev–Trinajstić information content (AvgIpc) is 1.80. The van der Waals surface area contributed by atoms with E-state index in [4.69, 9.17) is 4.55 Å². The summed E-state index contributed by atoms with van der Waals surface area (Å²) in [5.74, 6) is 0. The van der Waals surface area contributed by atoms with E-state index in [1.165, 1.54) is 0 Å². The summed E-state index contributed by atoms with van der Waals surface area (Å²) in [5.41, 5.74) is 0. The highest BCUT2D eigenvalue weighted by molar-refractivity contribution is 7.86. The molecule has 0 saturated heterocycles. The Morgan fingerprint density at radius 3 is 1.67 bits per heavy atom. The highest BCUT2D eigenvalue weighted by Gasteiger charge is 2.44. The van der Waals surface area contributed by atoms with Gasteiger partial charge in [0, 0.05) is 12.8 Å². The molecule has 0 aromatic rings. The minimum absolute atomic E-state index is 0. The molecule has 10 heteroatoms. The third-order valence-electron chi connectivity index (χ3n) is 1.31. The first-order valence-electron chi connectivity index (χ1n) is 3.37. The molecule has 0 aliphatic carbocycles. The van der Waals surface area contributed by atoms with Crippen LogP contribution in [0.4, 0.5) is 22.0 Å². The summed E-state index contributed by atoms with van der Waals surface area (Å²) in [4.78, 5) is 0.